The molecule has 10 heavy (non-hydrogen) atoms. The molecule has 0 unspecified atom stereocenters. The minimum Gasteiger partial charge on any atom is -0.319 e. The molecule has 0 aliphatic carbocycles. The van der Waals surface area contributed by atoms with Gasteiger partial charge in [-0.3, -0.25) is 0 Å². The van der Waals surface area contributed by atoms with E-state index >= 15 is 0 Å². The first-order valence-corrected chi connectivity index (χ1v) is 3.52. The van der Waals surface area contributed by atoms with E-state index < -0.39 is 0 Å². The van der Waals surface area contributed by atoms with E-state index in [0.29, 0.717) is 0 Å². The van der Waals surface area contributed by atoms with Crippen LogP contribution < -0.4 is 5.43 Å². The van der Waals surface area contributed by atoms with E-state index in [1.54, 1.807) is 0 Å². The molecule has 0 spiro atoms. The Morgan fingerprint density at radius 1 is 1.10 bits per heavy atom. The molecule has 2 nitrogen and oxygen atoms in total. The first-order chi connectivity index (χ1) is 4.95. The van der Waals surface area contributed by atoms with Gasteiger partial charge in [0.05, 0.1) is 0 Å². The monoisotopic (exact) mass is 134 g/mol. The Kier molecular flexibility index (Phi) is 1.32. The molecule has 0 amide bonds. The second kappa shape index (κ2) is 2.31. The summed E-state index contributed by atoms with van der Waals surface area (Å²) in [5, 5.41) is 2.16. The van der Waals surface area contributed by atoms with Gasteiger partial charge in [-0.1, -0.05) is 18.2 Å². The summed E-state index contributed by atoms with van der Waals surface area (Å²) in [6.45, 7) is 2.35. The lowest BCUT2D eigenvalue weighted by molar-refractivity contribution is 0.680. The molecular weight excluding hydrogens is 124 g/mol. The summed E-state index contributed by atoms with van der Waals surface area (Å²) < 4.78 is 0. The van der Waals surface area contributed by atoms with Gasteiger partial charge in [-0.05, 0) is 12.1 Å². The van der Waals surface area contributed by atoms with Crippen LogP contribution in [0.1, 0.15) is 0 Å². The molecule has 1 aliphatic heterocycles. The van der Waals surface area contributed by atoms with Gasteiger partial charge in [0.25, 0.3) is 0 Å². The SMILES string of the molecule is c1ccc(NN2CC2)cc1. The molecular formula is C8H10N2. The predicted octanol–water partition coefficient (Wildman–Crippen LogP) is 1.33. The third-order valence-electron chi connectivity index (χ3n) is 1.51. The number of hydrogen-bond acceptors (Lipinski definition) is 2. The predicted molar refractivity (Wildman–Crippen MR) is 41.6 cm³/mol. The number of para-hydroxylation sites is 1. The number of rotatable bonds is 2. The van der Waals surface area contributed by atoms with Crippen LogP contribution in [-0.2, 0) is 0 Å². The van der Waals surface area contributed by atoms with Crippen molar-refractivity contribution in [3.8, 4) is 0 Å². The van der Waals surface area contributed by atoms with Gasteiger partial charge in [0.1, 0.15) is 0 Å². The zero-order chi connectivity index (χ0) is 6.81. The van der Waals surface area contributed by atoms with Crippen LogP contribution in [0, 0.1) is 0 Å². The third kappa shape index (κ3) is 1.28. The maximum absolute atomic E-state index is 3.25. The van der Waals surface area contributed by atoms with Crippen molar-refractivity contribution >= 4 is 5.69 Å². The van der Waals surface area contributed by atoms with Crippen LogP contribution in [0.25, 0.3) is 0 Å². The van der Waals surface area contributed by atoms with Crippen molar-refractivity contribution in [2.75, 3.05) is 18.5 Å². The van der Waals surface area contributed by atoms with Crippen LogP contribution in [0.15, 0.2) is 30.3 Å². The van der Waals surface area contributed by atoms with E-state index in [1.165, 1.54) is 18.8 Å². The highest BCUT2D eigenvalue weighted by Crippen LogP contribution is 2.10. The number of hydrogen-bond donors (Lipinski definition) is 1. The number of hydrazine groups is 1. The zero-order valence-electron chi connectivity index (χ0n) is 5.75. The van der Waals surface area contributed by atoms with Crippen LogP contribution >= 0.6 is 0 Å². The quantitative estimate of drug-likeness (QED) is 0.614. The van der Waals surface area contributed by atoms with Gasteiger partial charge in [0.2, 0.25) is 0 Å². The van der Waals surface area contributed by atoms with Gasteiger partial charge in [-0.15, -0.1) is 0 Å². The summed E-state index contributed by atoms with van der Waals surface area (Å²) in [6.07, 6.45) is 0. The van der Waals surface area contributed by atoms with Crippen molar-refractivity contribution in [3.63, 3.8) is 0 Å². The van der Waals surface area contributed by atoms with E-state index in [1.807, 2.05) is 18.2 Å². The Morgan fingerprint density at radius 2 is 1.80 bits per heavy atom. The Labute approximate surface area is 60.4 Å². The van der Waals surface area contributed by atoms with Crippen LogP contribution in [0.5, 0.6) is 0 Å². The van der Waals surface area contributed by atoms with E-state index in [-0.39, 0.29) is 0 Å². The van der Waals surface area contributed by atoms with Crippen molar-refractivity contribution in [2.45, 2.75) is 0 Å². The molecule has 0 radical (unpaired) electrons. The molecule has 1 heterocycles. The normalized spacial score (nSPS) is 16.8. The minimum absolute atomic E-state index is 1.18. The number of anilines is 1. The molecule has 0 aromatic heterocycles. The third-order valence-corrected chi connectivity index (χ3v) is 1.51. The van der Waals surface area contributed by atoms with Gasteiger partial charge < -0.3 is 5.43 Å². The van der Waals surface area contributed by atoms with Crippen molar-refractivity contribution in [2.24, 2.45) is 0 Å². The van der Waals surface area contributed by atoms with Crippen molar-refractivity contribution in [1.82, 2.24) is 5.01 Å². The van der Waals surface area contributed by atoms with E-state index in [2.05, 4.69) is 22.6 Å². The maximum atomic E-state index is 3.25. The molecule has 0 saturated carbocycles. The first-order valence-electron chi connectivity index (χ1n) is 3.52. The summed E-state index contributed by atoms with van der Waals surface area (Å²) in [5.41, 5.74) is 4.43. The Balaban J connectivity index is 2.03. The summed E-state index contributed by atoms with van der Waals surface area (Å²) in [6, 6.07) is 10.2. The highest BCUT2D eigenvalue weighted by molar-refractivity contribution is 5.41. The van der Waals surface area contributed by atoms with Crippen LogP contribution in [0.4, 0.5) is 5.69 Å². The highest BCUT2D eigenvalue weighted by Gasteiger charge is 2.15. The van der Waals surface area contributed by atoms with Gasteiger partial charge in [0.15, 0.2) is 0 Å². The second-order valence-electron chi connectivity index (χ2n) is 2.46. The smallest absolute Gasteiger partial charge is 0.0490 e. The average Bonchev–Trinajstić information content (AvgIpc) is 2.74. The molecule has 1 saturated heterocycles. The lowest BCUT2D eigenvalue weighted by atomic mass is 10.3. The summed E-state index contributed by atoms with van der Waals surface area (Å²) in [5.74, 6) is 0. The van der Waals surface area contributed by atoms with Crippen LogP contribution in [0.2, 0.25) is 0 Å². The first kappa shape index (κ1) is 5.74. The van der Waals surface area contributed by atoms with E-state index in [0.717, 1.165) is 0 Å². The van der Waals surface area contributed by atoms with Gasteiger partial charge in [-0.2, -0.15) is 0 Å². The highest BCUT2D eigenvalue weighted by atomic mass is 15.6. The van der Waals surface area contributed by atoms with Crippen molar-refractivity contribution in [3.05, 3.63) is 30.3 Å². The van der Waals surface area contributed by atoms with Crippen molar-refractivity contribution in [1.29, 1.82) is 0 Å². The van der Waals surface area contributed by atoms with Crippen LogP contribution in [-0.4, -0.2) is 18.1 Å². The fourth-order valence-electron chi connectivity index (χ4n) is 0.857. The van der Waals surface area contributed by atoms with E-state index in [4.69, 9.17) is 0 Å². The zero-order valence-corrected chi connectivity index (χ0v) is 5.75. The van der Waals surface area contributed by atoms with E-state index in [9.17, 15) is 0 Å². The number of nitrogens with one attached hydrogen (secondary N) is 1. The Morgan fingerprint density at radius 3 is 2.40 bits per heavy atom. The van der Waals surface area contributed by atoms with Gasteiger partial charge >= 0.3 is 0 Å². The summed E-state index contributed by atoms with van der Waals surface area (Å²) in [7, 11) is 0. The number of nitrogens with zero attached hydrogens (tertiary/aromatic N) is 1. The largest absolute Gasteiger partial charge is 0.319 e. The molecule has 0 bridgehead atoms. The second-order valence-corrected chi connectivity index (χ2v) is 2.46. The number of benzene rings is 1. The van der Waals surface area contributed by atoms with Gasteiger partial charge in [0, 0.05) is 18.8 Å². The lowest BCUT2D eigenvalue weighted by Crippen LogP contribution is -2.05. The average molecular weight is 134 g/mol. The molecule has 2 heteroatoms. The Bertz CT molecular complexity index is 204. The minimum atomic E-state index is 1.18. The lowest BCUT2D eigenvalue weighted by Gasteiger charge is -2.03. The maximum Gasteiger partial charge on any atom is 0.0490 e. The molecule has 1 fully saturated rings. The van der Waals surface area contributed by atoms with Crippen molar-refractivity contribution < 1.29 is 0 Å². The molecule has 0 atom stereocenters. The molecule has 52 valence electrons. The standard InChI is InChI=1S/C8H10N2/c1-2-4-8(5-3-1)9-10-6-7-10/h1-5,9H,6-7H2. The Hall–Kier alpha value is -1.02. The molecule has 1 aromatic rings. The molecule has 1 aliphatic rings. The molecule has 1 N–H and O–H groups in total. The fourth-order valence-corrected chi connectivity index (χ4v) is 0.857. The molecule has 1 aromatic carbocycles. The fraction of sp³-hybridized carbons (Fsp3) is 0.250. The summed E-state index contributed by atoms with van der Waals surface area (Å²) in [4.78, 5) is 0. The summed E-state index contributed by atoms with van der Waals surface area (Å²) >= 11 is 0. The van der Waals surface area contributed by atoms with Crippen LogP contribution in [0.3, 0.4) is 0 Å². The van der Waals surface area contributed by atoms with Gasteiger partial charge in [-0.25, -0.2) is 5.01 Å². The topological polar surface area (TPSA) is 15.0 Å². The molecule has 2 rings (SSSR count).